The van der Waals surface area contributed by atoms with E-state index in [0.717, 1.165) is 36.2 Å². The van der Waals surface area contributed by atoms with E-state index in [1.807, 2.05) is 23.1 Å². The summed E-state index contributed by atoms with van der Waals surface area (Å²) in [4.78, 5) is 2.33. The zero-order valence-corrected chi connectivity index (χ0v) is 12.1. The van der Waals surface area contributed by atoms with E-state index >= 15 is 0 Å². The molecule has 1 saturated heterocycles. The maximum atomic E-state index is 13.1. The van der Waals surface area contributed by atoms with E-state index in [-0.39, 0.29) is 5.82 Å². The Balaban J connectivity index is 1.48. The van der Waals surface area contributed by atoms with Crippen LogP contribution in [-0.4, -0.2) is 27.8 Å². The fourth-order valence-electron chi connectivity index (χ4n) is 2.52. The van der Waals surface area contributed by atoms with E-state index < -0.39 is 0 Å². The van der Waals surface area contributed by atoms with Crippen molar-refractivity contribution in [2.75, 3.05) is 13.1 Å². The zero-order valence-electron chi connectivity index (χ0n) is 10.5. The van der Waals surface area contributed by atoms with E-state index in [0.29, 0.717) is 5.92 Å². The molecule has 0 bridgehead atoms. The van der Waals surface area contributed by atoms with Crippen molar-refractivity contribution >= 4 is 15.9 Å². The monoisotopic (exact) mass is 323 g/mol. The van der Waals surface area contributed by atoms with Gasteiger partial charge in [-0.05, 0) is 33.6 Å². The Hall–Kier alpha value is -1.20. The minimum absolute atomic E-state index is 0.157. The normalized spacial score (nSPS) is 16.5. The standard InChI is InChI=1S/C14H15BrFN3/c15-13-5-17-19(10-13)9-12-7-18(8-12)6-11-2-1-3-14(16)4-11/h1-5,10,12H,6-9H2. The fourth-order valence-corrected chi connectivity index (χ4v) is 2.85. The first-order valence-corrected chi connectivity index (χ1v) is 7.13. The minimum Gasteiger partial charge on any atom is -0.298 e. The van der Waals surface area contributed by atoms with Crippen LogP contribution in [0, 0.1) is 11.7 Å². The van der Waals surface area contributed by atoms with Gasteiger partial charge in [0.2, 0.25) is 0 Å². The Morgan fingerprint density at radius 2 is 2.21 bits per heavy atom. The summed E-state index contributed by atoms with van der Waals surface area (Å²) in [5.41, 5.74) is 1.04. The lowest BCUT2D eigenvalue weighted by Crippen LogP contribution is -2.47. The topological polar surface area (TPSA) is 21.1 Å². The molecule has 0 aliphatic carbocycles. The highest BCUT2D eigenvalue weighted by molar-refractivity contribution is 9.10. The van der Waals surface area contributed by atoms with E-state index in [2.05, 4.69) is 25.9 Å². The lowest BCUT2D eigenvalue weighted by molar-refractivity contribution is 0.0777. The summed E-state index contributed by atoms with van der Waals surface area (Å²) in [5.74, 6) is 0.483. The molecule has 1 aromatic carbocycles. The van der Waals surface area contributed by atoms with Crippen LogP contribution in [0.15, 0.2) is 41.1 Å². The number of rotatable bonds is 4. The van der Waals surface area contributed by atoms with Gasteiger partial charge < -0.3 is 0 Å². The molecule has 0 N–H and O–H groups in total. The summed E-state index contributed by atoms with van der Waals surface area (Å²) in [5, 5.41) is 4.26. The van der Waals surface area contributed by atoms with Gasteiger partial charge in [-0.3, -0.25) is 9.58 Å². The molecule has 1 aliphatic rings. The lowest BCUT2D eigenvalue weighted by Gasteiger charge is -2.39. The SMILES string of the molecule is Fc1cccc(CN2CC(Cn3cc(Br)cn3)C2)c1. The predicted molar refractivity (Wildman–Crippen MR) is 75.1 cm³/mol. The van der Waals surface area contributed by atoms with E-state index in [1.54, 1.807) is 12.1 Å². The van der Waals surface area contributed by atoms with Crippen molar-refractivity contribution < 1.29 is 4.39 Å². The Kier molecular flexibility index (Phi) is 3.66. The van der Waals surface area contributed by atoms with Crippen LogP contribution in [0.2, 0.25) is 0 Å². The van der Waals surface area contributed by atoms with Crippen LogP contribution in [0.3, 0.4) is 0 Å². The van der Waals surface area contributed by atoms with Gasteiger partial charge in [0, 0.05) is 38.3 Å². The Bertz CT molecular complexity index is 563. The van der Waals surface area contributed by atoms with E-state index in [1.165, 1.54) is 6.07 Å². The number of hydrogen-bond donors (Lipinski definition) is 0. The molecule has 0 spiro atoms. The first-order chi connectivity index (χ1) is 9.19. The second kappa shape index (κ2) is 5.43. The second-order valence-corrected chi connectivity index (χ2v) is 5.99. The van der Waals surface area contributed by atoms with Gasteiger partial charge in [-0.15, -0.1) is 0 Å². The van der Waals surface area contributed by atoms with Gasteiger partial charge in [0.1, 0.15) is 5.82 Å². The molecule has 1 aromatic heterocycles. The molecule has 0 amide bonds. The maximum absolute atomic E-state index is 13.1. The van der Waals surface area contributed by atoms with Crippen molar-refractivity contribution in [2.24, 2.45) is 5.92 Å². The summed E-state index contributed by atoms with van der Waals surface area (Å²) in [7, 11) is 0. The average Bonchev–Trinajstić information content (AvgIpc) is 2.72. The lowest BCUT2D eigenvalue weighted by atomic mass is 9.99. The highest BCUT2D eigenvalue weighted by Gasteiger charge is 2.26. The first kappa shape index (κ1) is 12.8. The number of halogens is 2. The van der Waals surface area contributed by atoms with Crippen LogP contribution >= 0.6 is 15.9 Å². The molecule has 1 aliphatic heterocycles. The van der Waals surface area contributed by atoms with Gasteiger partial charge in [-0.1, -0.05) is 12.1 Å². The molecule has 0 radical (unpaired) electrons. The Labute approximate surface area is 120 Å². The van der Waals surface area contributed by atoms with Gasteiger partial charge >= 0.3 is 0 Å². The summed E-state index contributed by atoms with van der Waals surface area (Å²) in [6.45, 7) is 3.88. The maximum Gasteiger partial charge on any atom is 0.123 e. The van der Waals surface area contributed by atoms with Gasteiger partial charge in [0.05, 0.1) is 10.7 Å². The third-order valence-corrected chi connectivity index (χ3v) is 3.78. The van der Waals surface area contributed by atoms with Crippen molar-refractivity contribution in [3.63, 3.8) is 0 Å². The number of aromatic nitrogens is 2. The van der Waals surface area contributed by atoms with Gasteiger partial charge in [-0.2, -0.15) is 5.10 Å². The average molecular weight is 324 g/mol. The first-order valence-electron chi connectivity index (χ1n) is 6.34. The van der Waals surface area contributed by atoms with Crippen molar-refractivity contribution in [3.05, 3.63) is 52.5 Å². The quantitative estimate of drug-likeness (QED) is 0.862. The molecule has 2 heterocycles. The summed E-state index contributed by atoms with van der Waals surface area (Å²) in [6, 6.07) is 6.83. The third kappa shape index (κ3) is 3.22. The molecule has 100 valence electrons. The van der Waals surface area contributed by atoms with Crippen molar-refractivity contribution in [3.8, 4) is 0 Å². The van der Waals surface area contributed by atoms with Crippen LogP contribution in [0.1, 0.15) is 5.56 Å². The number of nitrogens with zero attached hydrogens (tertiary/aromatic N) is 3. The molecule has 19 heavy (non-hydrogen) atoms. The fraction of sp³-hybridized carbons (Fsp3) is 0.357. The zero-order chi connectivity index (χ0) is 13.2. The summed E-state index contributed by atoms with van der Waals surface area (Å²) >= 11 is 3.40. The molecule has 5 heteroatoms. The van der Waals surface area contributed by atoms with Crippen LogP contribution in [0.25, 0.3) is 0 Å². The molecular weight excluding hydrogens is 309 g/mol. The van der Waals surface area contributed by atoms with E-state index in [4.69, 9.17) is 0 Å². The molecule has 1 fully saturated rings. The van der Waals surface area contributed by atoms with Gasteiger partial charge in [-0.25, -0.2) is 4.39 Å². The van der Waals surface area contributed by atoms with Crippen molar-refractivity contribution in [2.45, 2.75) is 13.1 Å². The molecule has 2 aromatic rings. The Morgan fingerprint density at radius 1 is 1.37 bits per heavy atom. The van der Waals surface area contributed by atoms with E-state index in [9.17, 15) is 4.39 Å². The van der Waals surface area contributed by atoms with Crippen LogP contribution < -0.4 is 0 Å². The molecule has 0 atom stereocenters. The number of hydrogen-bond acceptors (Lipinski definition) is 2. The molecule has 3 rings (SSSR count). The largest absolute Gasteiger partial charge is 0.298 e. The Morgan fingerprint density at radius 3 is 2.89 bits per heavy atom. The third-order valence-electron chi connectivity index (χ3n) is 3.37. The van der Waals surface area contributed by atoms with Crippen LogP contribution in [-0.2, 0) is 13.1 Å². The molecule has 0 saturated carbocycles. The molecule has 3 nitrogen and oxygen atoms in total. The highest BCUT2D eigenvalue weighted by Crippen LogP contribution is 2.21. The van der Waals surface area contributed by atoms with Gasteiger partial charge in [0.15, 0.2) is 0 Å². The predicted octanol–water partition coefficient (Wildman–Crippen LogP) is 2.92. The highest BCUT2D eigenvalue weighted by atomic mass is 79.9. The van der Waals surface area contributed by atoms with Crippen LogP contribution in [0.4, 0.5) is 4.39 Å². The smallest absolute Gasteiger partial charge is 0.123 e. The second-order valence-electron chi connectivity index (χ2n) is 5.07. The number of likely N-dealkylation sites (tertiary alicyclic amines) is 1. The summed E-state index contributed by atoms with van der Waals surface area (Å²) < 4.78 is 16.1. The summed E-state index contributed by atoms with van der Waals surface area (Å²) in [6.07, 6.45) is 3.80. The van der Waals surface area contributed by atoms with Crippen molar-refractivity contribution in [1.29, 1.82) is 0 Å². The van der Waals surface area contributed by atoms with Crippen LogP contribution in [0.5, 0.6) is 0 Å². The molecule has 0 unspecified atom stereocenters. The van der Waals surface area contributed by atoms with Crippen molar-refractivity contribution in [1.82, 2.24) is 14.7 Å². The minimum atomic E-state index is -0.157. The molecular formula is C14H15BrFN3. The van der Waals surface area contributed by atoms with Gasteiger partial charge in [0.25, 0.3) is 0 Å². The number of benzene rings is 1.